The predicted octanol–water partition coefficient (Wildman–Crippen LogP) is 4.37. The third-order valence-corrected chi connectivity index (χ3v) is 5.95. The summed E-state index contributed by atoms with van der Waals surface area (Å²) in [6.07, 6.45) is 2.44. The molecule has 1 aromatic carbocycles. The van der Waals surface area contributed by atoms with Gasteiger partial charge in [-0.1, -0.05) is 34.1 Å². The van der Waals surface area contributed by atoms with E-state index in [1.54, 1.807) is 11.3 Å². The zero-order valence-electron chi connectivity index (χ0n) is 15.0. The molecule has 0 bridgehead atoms. The maximum atomic E-state index is 12.6. The zero-order chi connectivity index (χ0) is 18.4. The number of carbonyl (C=O) groups is 1. The number of hydrogen-bond donors (Lipinski definition) is 1. The minimum absolute atomic E-state index is 0.0121. The molecule has 26 heavy (non-hydrogen) atoms. The van der Waals surface area contributed by atoms with E-state index >= 15 is 0 Å². The fourth-order valence-corrected chi connectivity index (χ4v) is 4.22. The van der Waals surface area contributed by atoms with Gasteiger partial charge in [0.1, 0.15) is 0 Å². The normalized spacial score (nSPS) is 18.2. The Bertz CT molecular complexity index is 684. The van der Waals surface area contributed by atoms with Gasteiger partial charge in [0, 0.05) is 29.0 Å². The summed E-state index contributed by atoms with van der Waals surface area (Å²) in [5.74, 6) is 0.0509. The van der Waals surface area contributed by atoms with Gasteiger partial charge in [-0.15, -0.1) is 11.3 Å². The van der Waals surface area contributed by atoms with Gasteiger partial charge in [-0.3, -0.25) is 9.69 Å². The summed E-state index contributed by atoms with van der Waals surface area (Å²) in [4.78, 5) is 16.1. The minimum atomic E-state index is -0.0121. The van der Waals surface area contributed by atoms with E-state index in [1.807, 2.05) is 31.2 Å². The molecule has 1 amide bonds. The van der Waals surface area contributed by atoms with Crippen LogP contribution < -0.4 is 5.32 Å². The van der Waals surface area contributed by atoms with Gasteiger partial charge in [0.15, 0.2) is 0 Å². The quantitative estimate of drug-likeness (QED) is 0.667. The van der Waals surface area contributed by atoms with E-state index in [4.69, 9.17) is 4.74 Å². The van der Waals surface area contributed by atoms with E-state index in [2.05, 4.69) is 43.7 Å². The number of rotatable bonds is 8. The minimum Gasteiger partial charge on any atom is -0.377 e. The highest BCUT2D eigenvalue weighted by atomic mass is 79.9. The molecular formula is C20H25BrN2O2S. The number of nitrogens with zero attached hydrogens (tertiary/aromatic N) is 1. The van der Waals surface area contributed by atoms with E-state index in [-0.39, 0.29) is 18.1 Å². The van der Waals surface area contributed by atoms with Gasteiger partial charge < -0.3 is 10.1 Å². The van der Waals surface area contributed by atoms with E-state index in [9.17, 15) is 4.79 Å². The van der Waals surface area contributed by atoms with Gasteiger partial charge in [-0.25, -0.2) is 0 Å². The van der Waals surface area contributed by atoms with Crippen LogP contribution in [0, 0.1) is 0 Å². The molecule has 2 atom stereocenters. The molecule has 1 N–H and O–H groups in total. The predicted molar refractivity (Wildman–Crippen MR) is 109 cm³/mol. The molecule has 2 heterocycles. The Balaban J connectivity index is 1.57. The number of benzene rings is 1. The Morgan fingerprint density at radius 1 is 1.38 bits per heavy atom. The highest BCUT2D eigenvalue weighted by molar-refractivity contribution is 9.10. The Hall–Kier alpha value is -1.21. The molecule has 1 fully saturated rings. The Labute approximate surface area is 167 Å². The van der Waals surface area contributed by atoms with Gasteiger partial charge in [0.25, 0.3) is 0 Å². The van der Waals surface area contributed by atoms with Gasteiger partial charge in [0.2, 0.25) is 5.91 Å². The second kappa shape index (κ2) is 9.65. The van der Waals surface area contributed by atoms with Crippen molar-refractivity contribution in [3.05, 3.63) is 56.7 Å². The molecule has 2 unspecified atom stereocenters. The molecule has 0 saturated carbocycles. The van der Waals surface area contributed by atoms with E-state index in [0.717, 1.165) is 42.6 Å². The van der Waals surface area contributed by atoms with Crippen LogP contribution in [0.2, 0.25) is 0 Å². The number of amides is 1. The van der Waals surface area contributed by atoms with Crippen molar-refractivity contribution in [2.24, 2.45) is 0 Å². The second-order valence-corrected chi connectivity index (χ2v) is 8.67. The molecule has 4 nitrogen and oxygen atoms in total. The smallest absolute Gasteiger partial charge is 0.234 e. The SMILES string of the molecule is CC(NC(=O)CN(Cc1cccs1)CC1CCCO1)c1ccc(Br)cc1. The van der Waals surface area contributed by atoms with Gasteiger partial charge in [-0.05, 0) is 48.9 Å². The summed E-state index contributed by atoms with van der Waals surface area (Å²) >= 11 is 5.17. The number of carbonyl (C=O) groups excluding carboxylic acids is 1. The van der Waals surface area contributed by atoms with Crippen molar-refractivity contribution in [2.45, 2.75) is 38.5 Å². The number of hydrogen-bond acceptors (Lipinski definition) is 4. The highest BCUT2D eigenvalue weighted by Crippen LogP contribution is 2.18. The van der Waals surface area contributed by atoms with E-state index in [1.165, 1.54) is 4.88 Å². The average molecular weight is 437 g/mol. The average Bonchev–Trinajstić information content (AvgIpc) is 3.29. The summed E-state index contributed by atoms with van der Waals surface area (Å²) in [5, 5.41) is 5.20. The van der Waals surface area contributed by atoms with Gasteiger partial charge >= 0.3 is 0 Å². The van der Waals surface area contributed by atoms with Crippen LogP contribution in [0.15, 0.2) is 46.3 Å². The fourth-order valence-electron chi connectivity index (χ4n) is 3.21. The molecule has 2 aromatic rings. The number of halogens is 1. The summed E-state index contributed by atoms with van der Waals surface area (Å²) in [5.41, 5.74) is 1.10. The molecule has 1 aromatic heterocycles. The summed E-state index contributed by atoms with van der Waals surface area (Å²) in [7, 11) is 0. The molecule has 0 spiro atoms. The van der Waals surface area contributed by atoms with Crippen LogP contribution in [-0.2, 0) is 16.1 Å². The number of nitrogens with one attached hydrogen (secondary N) is 1. The fraction of sp³-hybridized carbons (Fsp3) is 0.450. The first-order valence-corrected chi connectivity index (χ1v) is 10.7. The topological polar surface area (TPSA) is 41.6 Å². The van der Waals surface area contributed by atoms with Crippen molar-refractivity contribution in [3.8, 4) is 0 Å². The van der Waals surface area contributed by atoms with Gasteiger partial charge in [0.05, 0.1) is 18.7 Å². The Morgan fingerprint density at radius 3 is 2.85 bits per heavy atom. The van der Waals surface area contributed by atoms with E-state index in [0.29, 0.717) is 6.54 Å². The van der Waals surface area contributed by atoms with Gasteiger partial charge in [-0.2, -0.15) is 0 Å². The van der Waals surface area contributed by atoms with Crippen molar-refractivity contribution >= 4 is 33.2 Å². The number of thiophene rings is 1. The van der Waals surface area contributed by atoms with Crippen LogP contribution in [0.4, 0.5) is 0 Å². The monoisotopic (exact) mass is 436 g/mol. The summed E-state index contributed by atoms with van der Waals surface area (Å²) in [6, 6.07) is 12.2. The standard InChI is InChI=1S/C20H25BrN2O2S/c1-15(16-6-8-17(21)9-7-16)22-20(24)14-23(12-18-4-2-10-25-18)13-19-5-3-11-26-19/h3,5-9,11,15,18H,2,4,10,12-14H2,1H3,(H,22,24). The van der Waals surface area contributed by atoms with Crippen molar-refractivity contribution in [2.75, 3.05) is 19.7 Å². The van der Waals surface area contributed by atoms with Crippen LogP contribution >= 0.6 is 27.3 Å². The lowest BCUT2D eigenvalue weighted by atomic mass is 10.1. The molecule has 1 aliphatic rings. The van der Waals surface area contributed by atoms with Crippen LogP contribution in [0.1, 0.15) is 36.2 Å². The lowest BCUT2D eigenvalue weighted by Crippen LogP contribution is -2.41. The zero-order valence-corrected chi connectivity index (χ0v) is 17.4. The molecule has 6 heteroatoms. The third kappa shape index (κ3) is 5.91. The van der Waals surface area contributed by atoms with Crippen LogP contribution in [0.5, 0.6) is 0 Å². The Kier molecular flexibility index (Phi) is 7.25. The highest BCUT2D eigenvalue weighted by Gasteiger charge is 2.22. The van der Waals surface area contributed by atoms with Crippen molar-refractivity contribution < 1.29 is 9.53 Å². The lowest BCUT2D eigenvalue weighted by molar-refractivity contribution is -0.123. The molecule has 1 aliphatic heterocycles. The third-order valence-electron chi connectivity index (χ3n) is 4.56. The first-order chi connectivity index (χ1) is 12.6. The molecule has 140 valence electrons. The number of ether oxygens (including phenoxy) is 1. The lowest BCUT2D eigenvalue weighted by Gasteiger charge is -2.25. The van der Waals surface area contributed by atoms with Crippen LogP contribution in [-0.4, -0.2) is 36.6 Å². The molecular weight excluding hydrogens is 412 g/mol. The first-order valence-electron chi connectivity index (χ1n) is 9.01. The van der Waals surface area contributed by atoms with Crippen molar-refractivity contribution in [3.63, 3.8) is 0 Å². The Morgan fingerprint density at radius 2 is 2.19 bits per heavy atom. The summed E-state index contributed by atoms with van der Waals surface area (Å²) < 4.78 is 6.81. The second-order valence-electron chi connectivity index (χ2n) is 6.72. The molecule has 0 radical (unpaired) electrons. The maximum absolute atomic E-state index is 12.6. The van der Waals surface area contributed by atoms with Crippen molar-refractivity contribution in [1.82, 2.24) is 10.2 Å². The molecule has 1 saturated heterocycles. The maximum Gasteiger partial charge on any atom is 0.234 e. The largest absolute Gasteiger partial charge is 0.377 e. The first kappa shape index (κ1) is 19.5. The summed E-state index contributed by atoms with van der Waals surface area (Å²) in [6.45, 7) is 4.84. The molecule has 0 aliphatic carbocycles. The molecule has 3 rings (SSSR count). The van der Waals surface area contributed by atoms with Crippen LogP contribution in [0.25, 0.3) is 0 Å². The van der Waals surface area contributed by atoms with Crippen molar-refractivity contribution in [1.29, 1.82) is 0 Å². The van der Waals surface area contributed by atoms with E-state index < -0.39 is 0 Å². The van der Waals surface area contributed by atoms with Crippen LogP contribution in [0.3, 0.4) is 0 Å².